The Morgan fingerprint density at radius 3 is 2.89 bits per heavy atom. The first-order chi connectivity index (χ1) is 8.93. The lowest BCUT2D eigenvalue weighted by Gasteiger charge is -2.06. The minimum atomic E-state index is 0.809. The van der Waals surface area contributed by atoms with Crippen LogP contribution in [0.5, 0.6) is 0 Å². The molecule has 0 aliphatic rings. The Bertz CT molecular complexity index is 626. The van der Waals surface area contributed by atoms with Crippen molar-refractivity contribution >= 4 is 16.9 Å². The molecule has 0 saturated carbocycles. The highest BCUT2D eigenvalue weighted by Gasteiger charge is 2.01. The van der Waals surface area contributed by atoms with Crippen molar-refractivity contribution in [1.29, 1.82) is 0 Å². The van der Waals surface area contributed by atoms with Gasteiger partial charge in [-0.1, -0.05) is 24.3 Å². The molecule has 0 atom stereocenters. The van der Waals surface area contributed by atoms with Crippen LogP contribution in [0.25, 0.3) is 10.9 Å². The van der Waals surface area contributed by atoms with Crippen LogP contribution in [0.1, 0.15) is 5.56 Å². The second-order valence-electron chi connectivity index (χ2n) is 4.11. The highest BCUT2D eigenvalue weighted by molar-refractivity contribution is 5.81. The number of aromatic amines is 1. The Morgan fingerprint density at radius 2 is 2.00 bits per heavy atom. The zero-order valence-corrected chi connectivity index (χ0v) is 9.93. The number of aromatic nitrogens is 3. The predicted molar refractivity (Wildman–Crippen MR) is 72.5 cm³/mol. The van der Waals surface area contributed by atoms with Gasteiger partial charge in [-0.3, -0.25) is 4.98 Å². The summed E-state index contributed by atoms with van der Waals surface area (Å²) in [7, 11) is 0. The van der Waals surface area contributed by atoms with Gasteiger partial charge in [-0.25, -0.2) is 4.98 Å². The highest BCUT2D eigenvalue weighted by atomic mass is 15.1. The van der Waals surface area contributed by atoms with Crippen molar-refractivity contribution in [3.05, 3.63) is 54.5 Å². The number of nitrogens with zero attached hydrogens (tertiary/aromatic N) is 2. The summed E-state index contributed by atoms with van der Waals surface area (Å²) in [6.45, 7) is 0.837. The van der Waals surface area contributed by atoms with Crippen molar-refractivity contribution in [3.63, 3.8) is 0 Å². The molecule has 2 heterocycles. The second-order valence-corrected chi connectivity index (χ2v) is 4.11. The number of benzene rings is 1. The average Bonchev–Trinajstić information content (AvgIpc) is 2.92. The number of hydrogen-bond donors (Lipinski definition) is 2. The molecule has 0 amide bonds. The summed E-state index contributed by atoms with van der Waals surface area (Å²) >= 11 is 0. The van der Waals surface area contributed by atoms with Gasteiger partial charge in [0.2, 0.25) is 0 Å². The van der Waals surface area contributed by atoms with Crippen molar-refractivity contribution in [1.82, 2.24) is 15.0 Å². The van der Waals surface area contributed by atoms with E-state index in [2.05, 4.69) is 44.5 Å². The third kappa shape index (κ3) is 2.18. The maximum atomic E-state index is 4.45. The number of rotatable bonds is 4. The molecule has 0 aliphatic carbocycles. The number of H-pyrrole nitrogens is 1. The van der Waals surface area contributed by atoms with Crippen molar-refractivity contribution in [2.45, 2.75) is 6.42 Å². The molecule has 0 radical (unpaired) electrons. The van der Waals surface area contributed by atoms with Crippen LogP contribution in [0.3, 0.4) is 0 Å². The van der Waals surface area contributed by atoms with Gasteiger partial charge in [-0.15, -0.1) is 0 Å². The van der Waals surface area contributed by atoms with Crippen LogP contribution in [-0.2, 0) is 6.42 Å². The SMILES string of the molecule is c1cnc2c(CCNc3ncc[nH]3)cccc2c1. The maximum Gasteiger partial charge on any atom is 0.200 e. The minimum absolute atomic E-state index is 0.809. The molecule has 0 fully saturated rings. The maximum absolute atomic E-state index is 4.45. The predicted octanol–water partition coefficient (Wildman–Crippen LogP) is 2.61. The summed E-state index contributed by atoms with van der Waals surface area (Å²) in [6.07, 6.45) is 6.31. The molecule has 3 rings (SSSR count). The number of hydrogen-bond acceptors (Lipinski definition) is 3. The van der Waals surface area contributed by atoms with Crippen molar-refractivity contribution in [2.75, 3.05) is 11.9 Å². The van der Waals surface area contributed by atoms with E-state index in [1.807, 2.05) is 18.5 Å². The van der Waals surface area contributed by atoms with E-state index in [1.54, 1.807) is 6.20 Å². The molecule has 2 aromatic heterocycles. The van der Waals surface area contributed by atoms with Crippen LogP contribution in [-0.4, -0.2) is 21.5 Å². The Balaban J connectivity index is 1.74. The van der Waals surface area contributed by atoms with Gasteiger partial charge in [-0.2, -0.15) is 0 Å². The number of pyridine rings is 1. The van der Waals surface area contributed by atoms with E-state index in [0.29, 0.717) is 0 Å². The zero-order valence-electron chi connectivity index (χ0n) is 9.93. The summed E-state index contributed by atoms with van der Waals surface area (Å²) in [4.78, 5) is 11.6. The van der Waals surface area contributed by atoms with E-state index >= 15 is 0 Å². The molecule has 4 nitrogen and oxygen atoms in total. The molecule has 0 saturated heterocycles. The first-order valence-electron chi connectivity index (χ1n) is 5.99. The van der Waals surface area contributed by atoms with Gasteiger partial charge in [0, 0.05) is 30.5 Å². The topological polar surface area (TPSA) is 53.6 Å². The molecule has 0 aliphatic heterocycles. The zero-order chi connectivity index (χ0) is 12.2. The molecule has 4 heteroatoms. The smallest absolute Gasteiger partial charge is 0.200 e. The lowest BCUT2D eigenvalue weighted by atomic mass is 10.1. The molecule has 1 aromatic carbocycles. The van der Waals surface area contributed by atoms with Crippen LogP contribution in [0.4, 0.5) is 5.95 Å². The van der Waals surface area contributed by atoms with E-state index < -0.39 is 0 Å². The monoisotopic (exact) mass is 238 g/mol. The number of para-hydroxylation sites is 1. The number of imidazole rings is 1. The van der Waals surface area contributed by atoms with E-state index in [0.717, 1.165) is 24.4 Å². The van der Waals surface area contributed by atoms with Crippen LogP contribution < -0.4 is 5.32 Å². The molecular formula is C14H14N4. The lowest BCUT2D eigenvalue weighted by molar-refractivity contribution is 1.00. The summed E-state index contributed by atoms with van der Waals surface area (Å²) in [5.74, 6) is 0.809. The fourth-order valence-electron chi connectivity index (χ4n) is 2.05. The average molecular weight is 238 g/mol. The van der Waals surface area contributed by atoms with E-state index in [1.165, 1.54) is 10.9 Å². The number of fused-ring (bicyclic) bond motifs is 1. The third-order valence-corrected chi connectivity index (χ3v) is 2.90. The third-order valence-electron chi connectivity index (χ3n) is 2.90. The second kappa shape index (κ2) is 4.87. The highest BCUT2D eigenvalue weighted by Crippen LogP contribution is 2.16. The summed E-state index contributed by atoms with van der Waals surface area (Å²) in [6, 6.07) is 10.3. The molecule has 0 spiro atoms. The molecule has 2 N–H and O–H groups in total. The van der Waals surface area contributed by atoms with Gasteiger partial charge in [-0.05, 0) is 18.1 Å². The molecule has 0 unspecified atom stereocenters. The first kappa shape index (κ1) is 10.8. The van der Waals surface area contributed by atoms with Gasteiger partial charge < -0.3 is 10.3 Å². The Morgan fingerprint density at radius 1 is 1.06 bits per heavy atom. The van der Waals surface area contributed by atoms with Gasteiger partial charge >= 0.3 is 0 Å². The van der Waals surface area contributed by atoms with Crippen molar-refractivity contribution in [3.8, 4) is 0 Å². The summed E-state index contributed by atoms with van der Waals surface area (Å²) < 4.78 is 0. The normalized spacial score (nSPS) is 10.7. The van der Waals surface area contributed by atoms with Crippen LogP contribution in [0.15, 0.2) is 48.9 Å². The standard InChI is InChI=1S/C14H14N4/c1-3-11-5-2-7-15-13(11)12(4-1)6-8-16-14-17-9-10-18-14/h1-5,7,9-10H,6,8H2,(H2,16,17,18). The number of anilines is 1. The van der Waals surface area contributed by atoms with Gasteiger partial charge in [0.15, 0.2) is 5.95 Å². The summed E-state index contributed by atoms with van der Waals surface area (Å²) in [5, 5.41) is 4.43. The van der Waals surface area contributed by atoms with E-state index in [4.69, 9.17) is 0 Å². The van der Waals surface area contributed by atoms with Crippen LogP contribution in [0, 0.1) is 0 Å². The van der Waals surface area contributed by atoms with E-state index in [9.17, 15) is 0 Å². The van der Waals surface area contributed by atoms with E-state index in [-0.39, 0.29) is 0 Å². The quantitative estimate of drug-likeness (QED) is 0.734. The molecule has 3 aromatic rings. The molecule has 0 bridgehead atoms. The fraction of sp³-hybridized carbons (Fsp3) is 0.143. The Labute approximate surface area is 105 Å². The van der Waals surface area contributed by atoms with Gasteiger partial charge in [0.25, 0.3) is 0 Å². The molecular weight excluding hydrogens is 224 g/mol. The molecule has 18 heavy (non-hydrogen) atoms. The van der Waals surface area contributed by atoms with Gasteiger partial charge in [0.05, 0.1) is 5.52 Å². The van der Waals surface area contributed by atoms with Crippen LogP contribution in [0.2, 0.25) is 0 Å². The summed E-state index contributed by atoms with van der Waals surface area (Å²) in [5.41, 5.74) is 2.34. The Kier molecular flexibility index (Phi) is 2.92. The number of nitrogens with one attached hydrogen (secondary N) is 2. The van der Waals surface area contributed by atoms with Gasteiger partial charge in [0.1, 0.15) is 0 Å². The van der Waals surface area contributed by atoms with Crippen molar-refractivity contribution < 1.29 is 0 Å². The lowest BCUT2D eigenvalue weighted by Crippen LogP contribution is -2.06. The fourth-order valence-corrected chi connectivity index (χ4v) is 2.05. The van der Waals surface area contributed by atoms with Crippen molar-refractivity contribution in [2.24, 2.45) is 0 Å². The molecule has 90 valence electrons. The van der Waals surface area contributed by atoms with Crippen LogP contribution >= 0.6 is 0 Å². The minimum Gasteiger partial charge on any atom is -0.355 e. The largest absolute Gasteiger partial charge is 0.355 e. The first-order valence-corrected chi connectivity index (χ1v) is 5.99. The Hall–Kier alpha value is -2.36.